The smallest absolute Gasteiger partial charge is 0.267 e. The molecule has 0 bridgehead atoms. The van der Waals surface area contributed by atoms with Gasteiger partial charge >= 0.3 is 0 Å². The van der Waals surface area contributed by atoms with Crippen molar-refractivity contribution in [1.82, 2.24) is 29.4 Å². The topological polar surface area (TPSA) is 94.7 Å². The van der Waals surface area contributed by atoms with Crippen LogP contribution in [0.25, 0.3) is 16.7 Å². The van der Waals surface area contributed by atoms with Crippen molar-refractivity contribution in [3.8, 4) is 5.82 Å². The number of carbonyl (C=O) groups excluding carboxylic acids is 1. The van der Waals surface area contributed by atoms with Crippen LogP contribution in [-0.4, -0.2) is 35.7 Å². The van der Waals surface area contributed by atoms with Gasteiger partial charge in [-0.1, -0.05) is 54.2 Å². The molecule has 1 atom stereocenters. The van der Waals surface area contributed by atoms with E-state index in [0.29, 0.717) is 21.9 Å². The molecule has 8 nitrogen and oxygen atoms in total. The quantitative estimate of drug-likeness (QED) is 0.272. The van der Waals surface area contributed by atoms with Gasteiger partial charge in [0.2, 0.25) is 5.91 Å². The number of aryl methyl sites for hydroxylation is 2. The number of nitrogens with one attached hydrogen (secondary N) is 1. The molecule has 36 heavy (non-hydrogen) atoms. The first-order chi connectivity index (χ1) is 17.5. The summed E-state index contributed by atoms with van der Waals surface area (Å²) in [6.45, 7) is 1.94. The van der Waals surface area contributed by atoms with E-state index < -0.39 is 6.04 Å². The number of para-hydroxylation sites is 1. The van der Waals surface area contributed by atoms with Crippen molar-refractivity contribution >= 4 is 28.6 Å². The third-order valence-electron chi connectivity index (χ3n) is 5.76. The second-order valence-electron chi connectivity index (χ2n) is 8.34. The van der Waals surface area contributed by atoms with E-state index in [9.17, 15) is 9.59 Å². The molecule has 0 saturated carbocycles. The number of hydrogen-bond donors (Lipinski definition) is 1. The third kappa shape index (κ3) is 4.78. The molecule has 1 unspecified atom stereocenters. The van der Waals surface area contributed by atoms with E-state index in [1.165, 1.54) is 16.3 Å². The lowest BCUT2D eigenvalue weighted by Gasteiger charge is -2.19. The van der Waals surface area contributed by atoms with Gasteiger partial charge in [0.05, 0.1) is 16.7 Å². The van der Waals surface area contributed by atoms with E-state index in [1.807, 2.05) is 73.3 Å². The summed E-state index contributed by atoms with van der Waals surface area (Å²) in [5, 5.41) is 3.99. The number of carbonyl (C=O) groups is 1. The SMILES string of the molecule is Cc1ccnc(-n2c(SCC(=O)NC(c3ccccc3)c3nccn3C)nc3ccccc3c2=O)c1. The first-order valence-electron chi connectivity index (χ1n) is 11.4. The summed E-state index contributed by atoms with van der Waals surface area (Å²) in [6.07, 6.45) is 5.21. The summed E-state index contributed by atoms with van der Waals surface area (Å²) in [5.41, 5.74) is 2.24. The van der Waals surface area contributed by atoms with Crippen molar-refractivity contribution in [1.29, 1.82) is 0 Å². The molecular weight excluding hydrogens is 472 g/mol. The Morgan fingerprint density at radius 1 is 1.03 bits per heavy atom. The van der Waals surface area contributed by atoms with Crippen LogP contribution in [0.2, 0.25) is 0 Å². The summed E-state index contributed by atoms with van der Waals surface area (Å²) >= 11 is 1.20. The maximum absolute atomic E-state index is 13.4. The van der Waals surface area contributed by atoms with Gasteiger partial charge in [-0.15, -0.1) is 0 Å². The Hall–Kier alpha value is -4.24. The van der Waals surface area contributed by atoms with Crippen LogP contribution >= 0.6 is 11.8 Å². The van der Waals surface area contributed by atoms with Gasteiger partial charge in [-0.3, -0.25) is 9.59 Å². The number of amides is 1. The first kappa shape index (κ1) is 23.5. The number of pyridine rings is 1. The molecule has 0 aliphatic carbocycles. The molecule has 0 aliphatic heterocycles. The van der Waals surface area contributed by atoms with Crippen LogP contribution in [0.3, 0.4) is 0 Å². The minimum atomic E-state index is -0.413. The van der Waals surface area contributed by atoms with Crippen molar-refractivity contribution in [3.63, 3.8) is 0 Å². The predicted octanol–water partition coefficient (Wildman–Crippen LogP) is 3.82. The van der Waals surface area contributed by atoms with Crippen molar-refractivity contribution in [3.05, 3.63) is 113 Å². The van der Waals surface area contributed by atoms with Gasteiger partial charge in [0.15, 0.2) is 5.16 Å². The highest BCUT2D eigenvalue weighted by Gasteiger charge is 2.22. The summed E-state index contributed by atoms with van der Waals surface area (Å²) in [4.78, 5) is 40.1. The summed E-state index contributed by atoms with van der Waals surface area (Å²) < 4.78 is 3.36. The first-order valence-corrected chi connectivity index (χ1v) is 12.4. The minimum Gasteiger partial charge on any atom is -0.341 e. The van der Waals surface area contributed by atoms with E-state index >= 15 is 0 Å². The molecule has 2 aromatic carbocycles. The number of hydrogen-bond acceptors (Lipinski definition) is 6. The van der Waals surface area contributed by atoms with E-state index in [1.54, 1.807) is 30.6 Å². The fourth-order valence-electron chi connectivity index (χ4n) is 3.98. The Balaban J connectivity index is 1.46. The van der Waals surface area contributed by atoms with E-state index in [-0.39, 0.29) is 17.2 Å². The van der Waals surface area contributed by atoms with Crippen LogP contribution in [0.5, 0.6) is 0 Å². The third-order valence-corrected chi connectivity index (χ3v) is 6.70. The Labute approximate surface area is 212 Å². The number of rotatable bonds is 7. The highest BCUT2D eigenvalue weighted by atomic mass is 32.2. The number of benzene rings is 2. The molecule has 0 saturated heterocycles. The molecule has 3 aromatic heterocycles. The molecule has 9 heteroatoms. The fraction of sp³-hybridized carbons (Fsp3) is 0.148. The Bertz CT molecular complexity index is 1600. The van der Waals surface area contributed by atoms with Gasteiger partial charge in [0.25, 0.3) is 5.56 Å². The Kier molecular flexibility index (Phi) is 6.64. The Morgan fingerprint density at radius 3 is 2.56 bits per heavy atom. The maximum atomic E-state index is 13.4. The second-order valence-corrected chi connectivity index (χ2v) is 9.28. The highest BCUT2D eigenvalue weighted by molar-refractivity contribution is 7.99. The zero-order chi connectivity index (χ0) is 25.1. The zero-order valence-corrected chi connectivity index (χ0v) is 20.6. The van der Waals surface area contributed by atoms with Crippen LogP contribution in [0.15, 0.2) is 95.3 Å². The predicted molar refractivity (Wildman–Crippen MR) is 140 cm³/mol. The fourth-order valence-corrected chi connectivity index (χ4v) is 4.80. The molecule has 180 valence electrons. The van der Waals surface area contributed by atoms with Crippen LogP contribution in [0.1, 0.15) is 23.0 Å². The van der Waals surface area contributed by atoms with Crippen LogP contribution in [0.4, 0.5) is 0 Å². The average molecular weight is 497 g/mol. The van der Waals surface area contributed by atoms with Crippen LogP contribution < -0.4 is 10.9 Å². The second kappa shape index (κ2) is 10.2. The highest BCUT2D eigenvalue weighted by Crippen LogP contribution is 2.23. The molecule has 0 aliphatic rings. The summed E-state index contributed by atoms with van der Waals surface area (Å²) in [5.74, 6) is 1.05. The number of imidazole rings is 1. The monoisotopic (exact) mass is 496 g/mol. The van der Waals surface area contributed by atoms with Crippen molar-refractivity contribution in [2.75, 3.05) is 5.75 Å². The zero-order valence-electron chi connectivity index (χ0n) is 19.8. The Morgan fingerprint density at radius 2 is 1.81 bits per heavy atom. The van der Waals surface area contributed by atoms with Gasteiger partial charge in [-0.2, -0.15) is 0 Å². The molecule has 1 amide bonds. The lowest BCUT2D eigenvalue weighted by atomic mass is 10.1. The van der Waals surface area contributed by atoms with E-state index in [0.717, 1.165) is 17.0 Å². The molecule has 5 aromatic rings. The van der Waals surface area contributed by atoms with Gasteiger partial charge in [0, 0.05) is 25.6 Å². The van der Waals surface area contributed by atoms with Gasteiger partial charge in [-0.05, 0) is 42.3 Å². The van der Waals surface area contributed by atoms with Crippen LogP contribution in [0, 0.1) is 6.92 Å². The molecule has 0 spiro atoms. The molecule has 5 rings (SSSR count). The largest absolute Gasteiger partial charge is 0.341 e. The molecule has 0 radical (unpaired) electrons. The molecule has 1 N–H and O–H groups in total. The summed E-state index contributed by atoms with van der Waals surface area (Å²) in [6, 6.07) is 20.2. The number of thioether (sulfide) groups is 1. The van der Waals surface area contributed by atoms with Gasteiger partial charge in [-0.25, -0.2) is 19.5 Å². The lowest BCUT2D eigenvalue weighted by Crippen LogP contribution is -2.32. The molecular formula is C27H24N6O2S. The van der Waals surface area contributed by atoms with Crippen LogP contribution in [-0.2, 0) is 11.8 Å². The summed E-state index contributed by atoms with van der Waals surface area (Å²) in [7, 11) is 1.89. The maximum Gasteiger partial charge on any atom is 0.267 e. The molecule has 3 heterocycles. The standard InChI is InChI=1S/C27H24N6O2S/c1-18-12-13-28-22(16-18)33-26(35)20-10-6-7-11-21(20)30-27(33)36-17-23(34)31-24(19-8-4-3-5-9-19)25-29-14-15-32(25)2/h3-16,24H,17H2,1-2H3,(H,31,34). The van der Waals surface area contributed by atoms with Crippen molar-refractivity contribution in [2.45, 2.75) is 18.1 Å². The normalized spacial score (nSPS) is 11.9. The van der Waals surface area contributed by atoms with Gasteiger partial charge in [0.1, 0.15) is 17.7 Å². The molecule has 0 fully saturated rings. The minimum absolute atomic E-state index is 0.0599. The van der Waals surface area contributed by atoms with Crippen molar-refractivity contribution in [2.24, 2.45) is 7.05 Å². The van der Waals surface area contributed by atoms with E-state index in [4.69, 9.17) is 4.98 Å². The van der Waals surface area contributed by atoms with Gasteiger partial charge < -0.3 is 9.88 Å². The van der Waals surface area contributed by atoms with E-state index in [2.05, 4.69) is 15.3 Å². The number of fused-ring (bicyclic) bond motifs is 1. The van der Waals surface area contributed by atoms with Crippen molar-refractivity contribution < 1.29 is 4.79 Å². The number of nitrogens with zero attached hydrogens (tertiary/aromatic N) is 5. The average Bonchev–Trinajstić information content (AvgIpc) is 3.32. The number of aromatic nitrogens is 5. The lowest BCUT2D eigenvalue weighted by molar-refractivity contribution is -0.119.